The number of para-hydroxylation sites is 3. The highest BCUT2D eigenvalue weighted by atomic mass is 15.0. The van der Waals surface area contributed by atoms with Gasteiger partial charge in [-0.2, -0.15) is 0 Å². The van der Waals surface area contributed by atoms with Gasteiger partial charge in [-0.25, -0.2) is 0 Å². The van der Waals surface area contributed by atoms with E-state index in [-0.39, 0.29) is 0 Å². The van der Waals surface area contributed by atoms with Crippen molar-refractivity contribution in [1.29, 1.82) is 0 Å². The second-order valence-electron chi connectivity index (χ2n) is 10.4. The van der Waals surface area contributed by atoms with Crippen molar-refractivity contribution in [1.82, 2.24) is 14.1 Å². The molecule has 0 unspecified atom stereocenters. The molecule has 0 saturated heterocycles. The maximum absolute atomic E-state index is 4.86. The van der Waals surface area contributed by atoms with Crippen LogP contribution in [-0.4, -0.2) is 14.1 Å². The Kier molecular flexibility index (Phi) is 4.33. The highest BCUT2D eigenvalue weighted by molar-refractivity contribution is 6.20. The molecule has 0 fully saturated rings. The quantitative estimate of drug-likeness (QED) is 0.213. The summed E-state index contributed by atoms with van der Waals surface area (Å²) in [6.45, 7) is 0. The van der Waals surface area contributed by atoms with E-state index < -0.39 is 0 Å². The number of fused-ring (bicyclic) bond motifs is 9. The van der Waals surface area contributed by atoms with Crippen LogP contribution in [0.25, 0.3) is 76.7 Å². The summed E-state index contributed by atoms with van der Waals surface area (Å²) in [7, 11) is 0. The standard InChI is InChI=1S/C37H23N3/c1-2-12-26(13-3-1)39-31-16-6-4-14-27(31)29-22-30-28-15-5-7-17-32(28)40(35(30)23-34(29)39)33-18-8-10-24-19-20-25-11-9-21-38-37(25)36(24)33/h1-23H. The molecule has 0 aliphatic heterocycles. The zero-order valence-corrected chi connectivity index (χ0v) is 21.6. The molecule has 0 bridgehead atoms. The molecule has 0 atom stereocenters. The van der Waals surface area contributed by atoms with E-state index in [9.17, 15) is 0 Å². The van der Waals surface area contributed by atoms with Gasteiger partial charge >= 0.3 is 0 Å². The minimum atomic E-state index is 1.03. The van der Waals surface area contributed by atoms with Crippen LogP contribution >= 0.6 is 0 Å². The summed E-state index contributed by atoms with van der Waals surface area (Å²) in [4.78, 5) is 4.86. The highest BCUT2D eigenvalue weighted by Gasteiger charge is 2.19. The van der Waals surface area contributed by atoms with Crippen LogP contribution in [-0.2, 0) is 0 Å². The number of aromatic nitrogens is 3. The van der Waals surface area contributed by atoms with Crippen LogP contribution in [0.4, 0.5) is 0 Å². The van der Waals surface area contributed by atoms with Crippen LogP contribution in [0.15, 0.2) is 140 Å². The van der Waals surface area contributed by atoms with Crippen LogP contribution in [0.2, 0.25) is 0 Å². The number of hydrogen-bond acceptors (Lipinski definition) is 1. The molecule has 9 rings (SSSR count). The van der Waals surface area contributed by atoms with Gasteiger partial charge in [-0.1, -0.05) is 84.9 Å². The molecule has 0 aliphatic rings. The van der Waals surface area contributed by atoms with E-state index in [0.717, 1.165) is 22.3 Å². The van der Waals surface area contributed by atoms with Crippen molar-refractivity contribution >= 4 is 65.3 Å². The Morgan fingerprint density at radius 1 is 0.425 bits per heavy atom. The minimum absolute atomic E-state index is 1.03. The Bertz CT molecular complexity index is 2430. The summed E-state index contributed by atoms with van der Waals surface area (Å²) in [6, 6.07) is 48.1. The van der Waals surface area contributed by atoms with Gasteiger partial charge in [-0.15, -0.1) is 0 Å². The Hall–Kier alpha value is -5.41. The molecule has 0 N–H and O–H groups in total. The third-order valence-electron chi connectivity index (χ3n) is 8.31. The molecule has 3 nitrogen and oxygen atoms in total. The molecule has 3 heteroatoms. The number of nitrogens with zero attached hydrogens (tertiary/aromatic N) is 3. The van der Waals surface area contributed by atoms with Gasteiger partial charge in [0, 0.05) is 44.2 Å². The first-order valence-corrected chi connectivity index (χ1v) is 13.7. The topological polar surface area (TPSA) is 22.8 Å². The molecule has 9 aromatic rings. The fourth-order valence-electron chi connectivity index (χ4n) is 6.63. The first-order valence-electron chi connectivity index (χ1n) is 13.7. The molecule has 6 aromatic carbocycles. The van der Waals surface area contributed by atoms with Crippen molar-refractivity contribution in [3.8, 4) is 11.4 Å². The van der Waals surface area contributed by atoms with Crippen molar-refractivity contribution in [3.63, 3.8) is 0 Å². The van der Waals surface area contributed by atoms with Crippen molar-refractivity contribution in [2.24, 2.45) is 0 Å². The van der Waals surface area contributed by atoms with Crippen molar-refractivity contribution in [3.05, 3.63) is 140 Å². The lowest BCUT2D eigenvalue weighted by molar-refractivity contribution is 1.17. The second kappa shape index (κ2) is 8.05. The highest BCUT2D eigenvalue weighted by Crippen LogP contribution is 2.41. The minimum Gasteiger partial charge on any atom is -0.309 e. The lowest BCUT2D eigenvalue weighted by atomic mass is 10.0. The molecule has 0 amide bonds. The van der Waals surface area contributed by atoms with Gasteiger partial charge in [0.15, 0.2) is 0 Å². The average Bonchev–Trinajstić information content (AvgIpc) is 3.52. The van der Waals surface area contributed by atoms with Gasteiger partial charge in [-0.05, 0) is 53.9 Å². The fraction of sp³-hybridized carbons (Fsp3) is 0. The van der Waals surface area contributed by atoms with Gasteiger partial charge in [0.25, 0.3) is 0 Å². The van der Waals surface area contributed by atoms with E-state index >= 15 is 0 Å². The second-order valence-corrected chi connectivity index (χ2v) is 10.4. The van der Waals surface area contributed by atoms with E-state index in [1.165, 1.54) is 54.4 Å². The molecule has 186 valence electrons. The summed E-state index contributed by atoms with van der Waals surface area (Å²) < 4.78 is 4.83. The molecule has 0 aliphatic carbocycles. The van der Waals surface area contributed by atoms with E-state index in [1.54, 1.807) is 0 Å². The SMILES string of the molecule is c1ccc(-n2c3ccccc3c3cc4c5ccccc5n(-c5cccc6ccc7cccnc7c56)c4cc32)cc1. The van der Waals surface area contributed by atoms with Gasteiger partial charge < -0.3 is 9.13 Å². The maximum atomic E-state index is 4.86. The van der Waals surface area contributed by atoms with Gasteiger partial charge in [0.2, 0.25) is 0 Å². The van der Waals surface area contributed by atoms with Crippen molar-refractivity contribution < 1.29 is 0 Å². The average molecular weight is 510 g/mol. The van der Waals surface area contributed by atoms with E-state index in [0.29, 0.717) is 0 Å². The third-order valence-corrected chi connectivity index (χ3v) is 8.31. The van der Waals surface area contributed by atoms with E-state index in [4.69, 9.17) is 4.98 Å². The lowest BCUT2D eigenvalue weighted by Crippen LogP contribution is -1.97. The fourth-order valence-corrected chi connectivity index (χ4v) is 6.63. The molecular formula is C37H23N3. The number of pyridine rings is 1. The molecular weight excluding hydrogens is 486 g/mol. The van der Waals surface area contributed by atoms with E-state index in [1.807, 2.05) is 12.3 Å². The van der Waals surface area contributed by atoms with Crippen LogP contribution in [0, 0.1) is 0 Å². The largest absolute Gasteiger partial charge is 0.309 e. The zero-order valence-electron chi connectivity index (χ0n) is 21.6. The van der Waals surface area contributed by atoms with Gasteiger partial charge in [0.05, 0.1) is 33.3 Å². The Morgan fingerprint density at radius 2 is 1.07 bits per heavy atom. The first-order chi connectivity index (χ1) is 19.9. The van der Waals surface area contributed by atoms with Gasteiger partial charge in [-0.3, -0.25) is 4.98 Å². The number of benzene rings is 6. The molecule has 0 spiro atoms. The Morgan fingerprint density at radius 3 is 1.88 bits per heavy atom. The van der Waals surface area contributed by atoms with Crippen molar-refractivity contribution in [2.75, 3.05) is 0 Å². The molecule has 40 heavy (non-hydrogen) atoms. The maximum Gasteiger partial charge on any atom is 0.0801 e. The van der Waals surface area contributed by atoms with Crippen LogP contribution in [0.5, 0.6) is 0 Å². The summed E-state index contributed by atoms with van der Waals surface area (Å²) in [5.74, 6) is 0. The van der Waals surface area contributed by atoms with Crippen LogP contribution in [0.1, 0.15) is 0 Å². The summed E-state index contributed by atoms with van der Waals surface area (Å²) in [5, 5.41) is 8.54. The summed E-state index contributed by atoms with van der Waals surface area (Å²) in [6.07, 6.45) is 1.90. The monoisotopic (exact) mass is 509 g/mol. The first kappa shape index (κ1) is 21.5. The lowest BCUT2D eigenvalue weighted by Gasteiger charge is -2.14. The van der Waals surface area contributed by atoms with Crippen LogP contribution in [0.3, 0.4) is 0 Å². The Balaban J connectivity index is 1.50. The normalized spacial score (nSPS) is 12.0. The third kappa shape index (κ3) is 2.86. The predicted molar refractivity (Wildman–Crippen MR) is 168 cm³/mol. The van der Waals surface area contributed by atoms with Crippen LogP contribution < -0.4 is 0 Å². The molecule has 0 saturated carbocycles. The molecule has 3 heterocycles. The summed E-state index contributed by atoms with van der Waals surface area (Å²) in [5.41, 5.74) is 8.14. The molecule has 3 aromatic heterocycles. The smallest absolute Gasteiger partial charge is 0.0801 e. The number of rotatable bonds is 2. The predicted octanol–water partition coefficient (Wildman–Crippen LogP) is 9.58. The van der Waals surface area contributed by atoms with Crippen molar-refractivity contribution in [2.45, 2.75) is 0 Å². The van der Waals surface area contributed by atoms with E-state index in [2.05, 4.69) is 137 Å². The zero-order chi connectivity index (χ0) is 26.2. The Labute approximate surface area is 230 Å². The van der Waals surface area contributed by atoms with Gasteiger partial charge in [0.1, 0.15) is 0 Å². The summed E-state index contributed by atoms with van der Waals surface area (Å²) >= 11 is 0. The number of hydrogen-bond donors (Lipinski definition) is 0. The molecule has 0 radical (unpaired) electrons.